The van der Waals surface area contributed by atoms with Gasteiger partial charge < -0.3 is 5.32 Å². The molecule has 0 spiro atoms. The summed E-state index contributed by atoms with van der Waals surface area (Å²) in [6.45, 7) is 6.80. The van der Waals surface area contributed by atoms with Crippen LogP contribution in [0.15, 0.2) is 58.6 Å². The average molecular weight is 487 g/mol. The van der Waals surface area contributed by atoms with Gasteiger partial charge in [0.25, 0.3) is 0 Å². The van der Waals surface area contributed by atoms with E-state index in [0.717, 1.165) is 16.8 Å². The van der Waals surface area contributed by atoms with Gasteiger partial charge in [0, 0.05) is 37.1 Å². The Balaban J connectivity index is 1.81. The van der Waals surface area contributed by atoms with Crippen LogP contribution in [0.3, 0.4) is 0 Å². The maximum absolute atomic E-state index is 12.2. The molecule has 1 amide bonds. The highest BCUT2D eigenvalue weighted by atomic mass is 32.2. The van der Waals surface area contributed by atoms with Crippen LogP contribution in [-0.2, 0) is 26.8 Å². The number of carbonyl (C=O) groups excluding carboxylic acids is 1. The number of nitrogens with one attached hydrogen (secondary N) is 1. The highest BCUT2D eigenvalue weighted by Gasteiger charge is 2.16. The van der Waals surface area contributed by atoms with Crippen LogP contribution in [0.5, 0.6) is 0 Å². The topological polar surface area (TPSA) is 93.9 Å². The van der Waals surface area contributed by atoms with Crippen molar-refractivity contribution < 1.29 is 13.2 Å². The van der Waals surface area contributed by atoms with Crippen LogP contribution < -0.4 is 5.32 Å². The molecule has 0 aliphatic carbocycles. The molecule has 0 atom stereocenters. The van der Waals surface area contributed by atoms with Crippen molar-refractivity contribution in [1.29, 1.82) is 0 Å². The number of aryl methyl sites for hydroxylation is 2. The lowest BCUT2D eigenvalue weighted by Crippen LogP contribution is -2.27. The lowest BCUT2D eigenvalue weighted by atomic mass is 10.2. The van der Waals surface area contributed by atoms with Crippen molar-refractivity contribution in [3.63, 3.8) is 0 Å². The minimum atomic E-state index is -3.27. The Morgan fingerprint density at radius 3 is 2.52 bits per heavy atom. The molecule has 0 radical (unpaired) electrons. The first kappa shape index (κ1) is 25.0. The Labute approximate surface area is 199 Å². The molecule has 0 aliphatic rings. The molecule has 3 rings (SSSR count). The SMILES string of the molecule is Cc1ccc(-n2c(CCC(=O)NCC(C)C)nnc2SCc2cccc(S(C)(=O)=O)c2)cc1. The van der Waals surface area contributed by atoms with E-state index in [1.54, 1.807) is 18.2 Å². The van der Waals surface area contributed by atoms with Crippen LogP contribution in [0.4, 0.5) is 0 Å². The van der Waals surface area contributed by atoms with Gasteiger partial charge >= 0.3 is 0 Å². The summed E-state index contributed by atoms with van der Waals surface area (Å²) in [5.74, 6) is 1.65. The molecular formula is C24H30N4O3S2. The number of nitrogens with zero attached hydrogens (tertiary/aromatic N) is 3. The second kappa shape index (κ2) is 11.0. The van der Waals surface area contributed by atoms with E-state index in [-0.39, 0.29) is 5.91 Å². The largest absolute Gasteiger partial charge is 0.356 e. The molecule has 176 valence electrons. The molecule has 0 saturated heterocycles. The number of benzene rings is 2. The van der Waals surface area contributed by atoms with Crippen LogP contribution >= 0.6 is 11.8 Å². The number of thioether (sulfide) groups is 1. The lowest BCUT2D eigenvalue weighted by Gasteiger charge is -2.11. The predicted octanol–water partition coefficient (Wildman–Crippen LogP) is 3.98. The van der Waals surface area contributed by atoms with Crippen LogP contribution in [0.25, 0.3) is 5.69 Å². The monoisotopic (exact) mass is 486 g/mol. The van der Waals surface area contributed by atoms with Gasteiger partial charge in [-0.2, -0.15) is 0 Å². The van der Waals surface area contributed by atoms with Gasteiger partial charge in [-0.15, -0.1) is 10.2 Å². The zero-order chi connectivity index (χ0) is 24.0. The van der Waals surface area contributed by atoms with E-state index in [9.17, 15) is 13.2 Å². The summed E-state index contributed by atoms with van der Waals surface area (Å²) in [5, 5.41) is 12.4. The Bertz CT molecular complexity index is 1200. The molecule has 0 bridgehead atoms. The predicted molar refractivity (Wildman–Crippen MR) is 131 cm³/mol. The van der Waals surface area contributed by atoms with E-state index in [1.807, 2.05) is 41.8 Å². The number of amides is 1. The number of hydrogen-bond acceptors (Lipinski definition) is 6. The molecule has 1 heterocycles. The van der Waals surface area contributed by atoms with E-state index in [2.05, 4.69) is 29.4 Å². The van der Waals surface area contributed by atoms with Gasteiger partial charge in [0.2, 0.25) is 5.91 Å². The van der Waals surface area contributed by atoms with E-state index in [4.69, 9.17) is 0 Å². The van der Waals surface area contributed by atoms with E-state index < -0.39 is 9.84 Å². The second-order valence-electron chi connectivity index (χ2n) is 8.48. The Hall–Kier alpha value is -2.65. The summed E-state index contributed by atoms with van der Waals surface area (Å²) < 4.78 is 25.7. The smallest absolute Gasteiger partial charge is 0.220 e. The summed E-state index contributed by atoms with van der Waals surface area (Å²) in [6, 6.07) is 15.0. The van der Waals surface area contributed by atoms with Gasteiger partial charge in [-0.1, -0.05) is 55.4 Å². The van der Waals surface area contributed by atoms with Crippen molar-refractivity contribution in [1.82, 2.24) is 20.1 Å². The van der Waals surface area contributed by atoms with Gasteiger partial charge in [-0.05, 0) is 42.7 Å². The second-order valence-corrected chi connectivity index (χ2v) is 11.4. The fraction of sp³-hybridized carbons (Fsp3) is 0.375. The van der Waals surface area contributed by atoms with Crippen LogP contribution in [-0.4, -0.2) is 41.9 Å². The number of rotatable bonds is 10. The fourth-order valence-corrected chi connectivity index (χ4v) is 4.76. The molecular weight excluding hydrogens is 456 g/mol. The van der Waals surface area contributed by atoms with Crippen molar-refractivity contribution in [3.05, 3.63) is 65.5 Å². The van der Waals surface area contributed by atoms with E-state index in [1.165, 1.54) is 18.0 Å². The highest BCUT2D eigenvalue weighted by Crippen LogP contribution is 2.27. The number of carbonyl (C=O) groups is 1. The molecule has 1 N–H and O–H groups in total. The first-order valence-corrected chi connectivity index (χ1v) is 13.7. The van der Waals surface area contributed by atoms with E-state index in [0.29, 0.717) is 46.9 Å². The standard InChI is InChI=1S/C24H30N4O3S2/c1-17(2)15-25-23(29)13-12-22-26-27-24(28(22)20-10-8-18(3)9-11-20)32-16-19-6-5-7-21(14-19)33(4,30)31/h5-11,14,17H,12-13,15-16H2,1-4H3,(H,25,29). The summed E-state index contributed by atoms with van der Waals surface area (Å²) in [6.07, 6.45) is 2.00. The van der Waals surface area contributed by atoms with E-state index >= 15 is 0 Å². The highest BCUT2D eigenvalue weighted by molar-refractivity contribution is 7.98. The van der Waals surface area contributed by atoms with Crippen molar-refractivity contribution in [2.45, 2.75) is 49.4 Å². The minimum Gasteiger partial charge on any atom is -0.356 e. The number of sulfone groups is 1. The van der Waals surface area contributed by atoms with Gasteiger partial charge in [-0.3, -0.25) is 9.36 Å². The summed E-state index contributed by atoms with van der Waals surface area (Å²) in [4.78, 5) is 12.5. The molecule has 0 unspecified atom stereocenters. The third-order valence-electron chi connectivity index (χ3n) is 4.97. The first-order valence-electron chi connectivity index (χ1n) is 10.8. The van der Waals surface area contributed by atoms with Gasteiger partial charge in [0.1, 0.15) is 5.82 Å². The molecule has 2 aromatic carbocycles. The molecule has 0 aliphatic heterocycles. The molecule has 3 aromatic rings. The molecule has 7 nitrogen and oxygen atoms in total. The quantitative estimate of drug-likeness (QED) is 0.436. The summed E-state index contributed by atoms with van der Waals surface area (Å²) in [7, 11) is -3.27. The lowest BCUT2D eigenvalue weighted by molar-refractivity contribution is -0.121. The maximum atomic E-state index is 12.2. The third-order valence-corrected chi connectivity index (χ3v) is 7.08. The zero-order valence-corrected chi connectivity index (χ0v) is 21.0. The van der Waals surface area contributed by atoms with Gasteiger partial charge in [-0.25, -0.2) is 8.42 Å². The molecule has 9 heteroatoms. The number of hydrogen-bond donors (Lipinski definition) is 1. The first-order chi connectivity index (χ1) is 15.6. The molecule has 0 saturated carbocycles. The van der Waals surface area contributed by atoms with Crippen molar-refractivity contribution in [2.75, 3.05) is 12.8 Å². The summed E-state index contributed by atoms with van der Waals surface area (Å²) in [5.41, 5.74) is 2.96. The Morgan fingerprint density at radius 1 is 1.12 bits per heavy atom. The van der Waals surface area contributed by atoms with Crippen LogP contribution in [0, 0.1) is 12.8 Å². The van der Waals surface area contributed by atoms with Crippen LogP contribution in [0.1, 0.15) is 37.2 Å². The van der Waals surface area contributed by atoms with Crippen molar-refractivity contribution >= 4 is 27.5 Å². The summed E-state index contributed by atoms with van der Waals surface area (Å²) >= 11 is 1.48. The molecule has 1 aromatic heterocycles. The van der Waals surface area contributed by atoms with Crippen molar-refractivity contribution in [2.24, 2.45) is 5.92 Å². The van der Waals surface area contributed by atoms with Crippen LogP contribution in [0.2, 0.25) is 0 Å². The fourth-order valence-electron chi connectivity index (χ4n) is 3.15. The maximum Gasteiger partial charge on any atom is 0.220 e. The van der Waals surface area contributed by atoms with Gasteiger partial charge in [0.05, 0.1) is 4.90 Å². The zero-order valence-electron chi connectivity index (χ0n) is 19.4. The third kappa shape index (κ3) is 7.17. The molecule has 33 heavy (non-hydrogen) atoms. The Kier molecular flexibility index (Phi) is 8.31. The Morgan fingerprint density at radius 2 is 1.85 bits per heavy atom. The average Bonchev–Trinajstić information content (AvgIpc) is 3.17. The molecule has 0 fully saturated rings. The normalized spacial score (nSPS) is 11.7. The number of aromatic nitrogens is 3. The van der Waals surface area contributed by atoms with Gasteiger partial charge in [0.15, 0.2) is 15.0 Å². The van der Waals surface area contributed by atoms with Crippen molar-refractivity contribution in [3.8, 4) is 5.69 Å². The minimum absolute atomic E-state index is 0.00560.